The monoisotopic (exact) mass is 265 g/mol. The zero-order valence-corrected chi connectivity index (χ0v) is 11.4. The third kappa shape index (κ3) is 2.88. The minimum Gasteiger partial charge on any atom is -0.497 e. The molecule has 1 heterocycles. The number of ether oxygens (including phenoxy) is 3. The van der Waals surface area contributed by atoms with Crippen LogP contribution in [0.2, 0.25) is 0 Å². The second-order valence-corrected chi connectivity index (χ2v) is 4.75. The quantitative estimate of drug-likeness (QED) is 0.673. The number of methoxy groups -OCH3 is 2. The standard InChI is InChI=1S/C14H19NO4/c1-14(18-3)8-12(13(15-16)9-19-14)10-4-6-11(17-2)7-5-10/h4-7,12,16H,8-9H2,1-3H3/b15-13-/t12-,14-/m0/s1. The van der Waals surface area contributed by atoms with E-state index in [9.17, 15) is 0 Å². The highest BCUT2D eigenvalue weighted by Crippen LogP contribution is 2.35. The Morgan fingerprint density at radius 3 is 2.53 bits per heavy atom. The molecule has 0 amide bonds. The molecule has 1 aliphatic heterocycles. The number of nitrogens with zero attached hydrogens (tertiary/aromatic N) is 1. The van der Waals surface area contributed by atoms with Crippen LogP contribution in [0, 0.1) is 0 Å². The lowest BCUT2D eigenvalue weighted by Gasteiger charge is -2.37. The molecule has 0 unspecified atom stereocenters. The van der Waals surface area contributed by atoms with Gasteiger partial charge < -0.3 is 19.4 Å². The van der Waals surface area contributed by atoms with Crippen LogP contribution in [0.15, 0.2) is 29.4 Å². The van der Waals surface area contributed by atoms with Gasteiger partial charge in [-0.15, -0.1) is 0 Å². The molecule has 2 atom stereocenters. The predicted octanol–water partition coefficient (Wildman–Crippen LogP) is 2.39. The molecule has 1 N–H and O–H groups in total. The van der Waals surface area contributed by atoms with Gasteiger partial charge in [-0.2, -0.15) is 0 Å². The molecule has 104 valence electrons. The number of rotatable bonds is 3. The highest BCUT2D eigenvalue weighted by Gasteiger charge is 2.37. The van der Waals surface area contributed by atoms with Crippen LogP contribution in [0.5, 0.6) is 5.75 Å². The molecule has 0 bridgehead atoms. The van der Waals surface area contributed by atoms with Crippen molar-refractivity contribution in [2.45, 2.75) is 25.0 Å². The fourth-order valence-corrected chi connectivity index (χ4v) is 2.26. The van der Waals surface area contributed by atoms with E-state index < -0.39 is 5.79 Å². The summed E-state index contributed by atoms with van der Waals surface area (Å²) in [7, 11) is 3.25. The zero-order chi connectivity index (χ0) is 13.9. The molecule has 0 aromatic heterocycles. The van der Waals surface area contributed by atoms with Gasteiger partial charge in [-0.25, -0.2) is 0 Å². The maximum absolute atomic E-state index is 9.11. The molecular weight excluding hydrogens is 246 g/mol. The predicted molar refractivity (Wildman–Crippen MR) is 70.9 cm³/mol. The van der Waals surface area contributed by atoms with Crippen LogP contribution in [0.25, 0.3) is 0 Å². The summed E-state index contributed by atoms with van der Waals surface area (Å²) < 4.78 is 16.1. The molecule has 5 heteroatoms. The first kappa shape index (κ1) is 13.8. The first-order chi connectivity index (χ1) is 9.11. The fourth-order valence-electron chi connectivity index (χ4n) is 2.26. The summed E-state index contributed by atoms with van der Waals surface area (Å²) >= 11 is 0. The van der Waals surface area contributed by atoms with Gasteiger partial charge in [-0.1, -0.05) is 17.3 Å². The number of hydrogen-bond donors (Lipinski definition) is 1. The lowest BCUT2D eigenvalue weighted by Crippen LogP contribution is -2.42. The van der Waals surface area contributed by atoms with Gasteiger partial charge in [0.15, 0.2) is 5.79 Å². The van der Waals surface area contributed by atoms with Crippen LogP contribution in [0.3, 0.4) is 0 Å². The van der Waals surface area contributed by atoms with Gasteiger partial charge in [0, 0.05) is 19.4 Å². The summed E-state index contributed by atoms with van der Waals surface area (Å²) in [6, 6.07) is 7.72. The van der Waals surface area contributed by atoms with Crippen LogP contribution in [0.4, 0.5) is 0 Å². The second kappa shape index (κ2) is 5.59. The van der Waals surface area contributed by atoms with Gasteiger partial charge in [-0.3, -0.25) is 0 Å². The number of oxime groups is 1. The van der Waals surface area contributed by atoms with E-state index in [0.717, 1.165) is 11.3 Å². The largest absolute Gasteiger partial charge is 0.497 e. The molecular formula is C14H19NO4. The van der Waals surface area contributed by atoms with Crippen molar-refractivity contribution in [1.82, 2.24) is 0 Å². The average molecular weight is 265 g/mol. The summed E-state index contributed by atoms with van der Waals surface area (Å²) in [6.07, 6.45) is 0.606. The van der Waals surface area contributed by atoms with Gasteiger partial charge >= 0.3 is 0 Å². The topological polar surface area (TPSA) is 60.3 Å². The average Bonchev–Trinajstić information content (AvgIpc) is 2.47. The van der Waals surface area contributed by atoms with Crippen molar-refractivity contribution in [1.29, 1.82) is 0 Å². The van der Waals surface area contributed by atoms with Crippen LogP contribution in [-0.2, 0) is 9.47 Å². The third-order valence-corrected chi connectivity index (χ3v) is 3.58. The van der Waals surface area contributed by atoms with Crippen LogP contribution >= 0.6 is 0 Å². The summed E-state index contributed by atoms with van der Waals surface area (Å²) in [5.41, 5.74) is 1.67. The van der Waals surface area contributed by atoms with Crippen molar-refractivity contribution in [3.05, 3.63) is 29.8 Å². The first-order valence-electron chi connectivity index (χ1n) is 6.16. The normalized spacial score (nSPS) is 29.4. The van der Waals surface area contributed by atoms with Gasteiger partial charge in [-0.05, 0) is 24.6 Å². The molecule has 1 aliphatic rings. The SMILES string of the molecule is COc1ccc([C@@H]2C[C@@](C)(OC)OC/C2=N/O)cc1. The summed E-state index contributed by atoms with van der Waals surface area (Å²) in [5, 5.41) is 12.5. The molecule has 0 radical (unpaired) electrons. The zero-order valence-electron chi connectivity index (χ0n) is 11.4. The van der Waals surface area contributed by atoms with Crippen molar-refractivity contribution < 1.29 is 19.4 Å². The van der Waals surface area contributed by atoms with E-state index in [1.807, 2.05) is 31.2 Å². The Hall–Kier alpha value is -1.59. The fraction of sp³-hybridized carbons (Fsp3) is 0.500. The van der Waals surface area contributed by atoms with Crippen LogP contribution in [-0.4, -0.2) is 37.5 Å². The van der Waals surface area contributed by atoms with Crippen molar-refractivity contribution in [3.8, 4) is 5.75 Å². The molecule has 1 aromatic carbocycles. The number of hydrogen-bond acceptors (Lipinski definition) is 5. The molecule has 0 spiro atoms. The lowest BCUT2D eigenvalue weighted by atomic mass is 9.86. The summed E-state index contributed by atoms with van der Waals surface area (Å²) in [6.45, 7) is 2.15. The highest BCUT2D eigenvalue weighted by molar-refractivity contribution is 5.92. The first-order valence-corrected chi connectivity index (χ1v) is 6.16. The van der Waals surface area contributed by atoms with Crippen molar-refractivity contribution >= 4 is 5.71 Å². The Balaban J connectivity index is 2.27. The van der Waals surface area contributed by atoms with Gasteiger partial charge in [0.1, 0.15) is 5.75 Å². The van der Waals surface area contributed by atoms with E-state index in [4.69, 9.17) is 19.4 Å². The molecule has 1 fully saturated rings. The molecule has 19 heavy (non-hydrogen) atoms. The maximum Gasteiger partial charge on any atom is 0.166 e. The van der Waals surface area contributed by atoms with Crippen molar-refractivity contribution in [3.63, 3.8) is 0 Å². The van der Waals surface area contributed by atoms with Crippen LogP contribution in [0.1, 0.15) is 24.8 Å². The van der Waals surface area contributed by atoms with Crippen molar-refractivity contribution in [2.75, 3.05) is 20.8 Å². The third-order valence-electron chi connectivity index (χ3n) is 3.58. The van der Waals surface area contributed by atoms with Gasteiger partial charge in [0.2, 0.25) is 0 Å². The van der Waals surface area contributed by atoms with Gasteiger partial charge in [0.25, 0.3) is 0 Å². The summed E-state index contributed by atoms with van der Waals surface area (Å²) in [5.74, 6) is 0.126. The smallest absolute Gasteiger partial charge is 0.166 e. The minimum absolute atomic E-state index is 0.0189. The van der Waals surface area contributed by atoms with E-state index in [1.54, 1.807) is 14.2 Å². The second-order valence-electron chi connectivity index (χ2n) is 4.75. The molecule has 0 aliphatic carbocycles. The van der Waals surface area contributed by atoms with Crippen molar-refractivity contribution in [2.24, 2.45) is 5.16 Å². The van der Waals surface area contributed by atoms with E-state index in [0.29, 0.717) is 12.1 Å². The molecule has 1 saturated heterocycles. The Bertz CT molecular complexity index is 457. The Morgan fingerprint density at radius 2 is 2.00 bits per heavy atom. The molecule has 2 rings (SSSR count). The molecule has 5 nitrogen and oxygen atoms in total. The minimum atomic E-state index is -0.654. The lowest BCUT2D eigenvalue weighted by molar-refractivity contribution is -0.213. The summed E-state index contributed by atoms with van der Waals surface area (Å²) in [4.78, 5) is 0. The Labute approximate surface area is 112 Å². The van der Waals surface area contributed by atoms with E-state index in [-0.39, 0.29) is 12.5 Å². The van der Waals surface area contributed by atoms with E-state index in [1.165, 1.54) is 0 Å². The molecule has 0 saturated carbocycles. The van der Waals surface area contributed by atoms with E-state index in [2.05, 4.69) is 5.16 Å². The highest BCUT2D eigenvalue weighted by atomic mass is 16.7. The van der Waals surface area contributed by atoms with Crippen LogP contribution < -0.4 is 4.74 Å². The number of benzene rings is 1. The molecule has 1 aromatic rings. The van der Waals surface area contributed by atoms with E-state index >= 15 is 0 Å². The Morgan fingerprint density at radius 1 is 1.32 bits per heavy atom. The Kier molecular flexibility index (Phi) is 4.07. The van der Waals surface area contributed by atoms with Gasteiger partial charge in [0.05, 0.1) is 19.4 Å². The maximum atomic E-state index is 9.11.